The normalized spacial score (nSPS) is 18.0. The maximum atomic E-state index is 13.8. The van der Waals surface area contributed by atoms with Crippen molar-refractivity contribution in [1.29, 1.82) is 0 Å². The molecule has 2 heterocycles. The Morgan fingerprint density at radius 3 is 1.86 bits per heavy atom. The van der Waals surface area contributed by atoms with Crippen LogP contribution in [-0.2, 0) is 25.8 Å². The van der Waals surface area contributed by atoms with Crippen LogP contribution in [0, 0.1) is 0 Å². The number of hydroxylamine groups is 1. The van der Waals surface area contributed by atoms with Gasteiger partial charge in [0.1, 0.15) is 0 Å². The van der Waals surface area contributed by atoms with Crippen LogP contribution in [0.5, 0.6) is 0 Å². The number of carbonyl (C=O) groups is 2. The topological polar surface area (TPSA) is 116 Å². The first-order valence-electron chi connectivity index (χ1n) is 13.2. The monoisotopic (exact) mass is 619 g/mol. The number of benzene rings is 2. The molecule has 2 saturated heterocycles. The van der Waals surface area contributed by atoms with E-state index in [-0.39, 0.29) is 42.4 Å². The number of piperidine rings is 1. The molecule has 0 saturated carbocycles. The van der Waals surface area contributed by atoms with E-state index < -0.39 is 45.4 Å². The molecule has 2 aliphatic rings. The van der Waals surface area contributed by atoms with Crippen LogP contribution in [0.4, 0.5) is 26.7 Å². The average Bonchev–Trinajstić information content (AvgIpc) is 2.99. The van der Waals surface area contributed by atoms with Gasteiger partial charge in [-0.2, -0.15) is 22.0 Å². The van der Waals surface area contributed by atoms with Gasteiger partial charge in [-0.05, 0) is 48.1 Å². The second-order valence-electron chi connectivity index (χ2n) is 10.2. The Morgan fingerprint density at radius 2 is 1.36 bits per heavy atom. The second kappa shape index (κ2) is 12.1. The number of amides is 3. The zero-order valence-corrected chi connectivity index (χ0v) is 23.2. The number of ether oxygens (including phenoxy) is 1. The van der Waals surface area contributed by atoms with Gasteiger partial charge in [-0.3, -0.25) is 10.0 Å². The van der Waals surface area contributed by atoms with E-state index in [4.69, 9.17) is 4.74 Å². The van der Waals surface area contributed by atoms with Gasteiger partial charge in [-0.15, -0.1) is 0 Å². The van der Waals surface area contributed by atoms with Crippen molar-refractivity contribution < 1.29 is 49.9 Å². The van der Waals surface area contributed by atoms with Gasteiger partial charge in [-0.1, -0.05) is 36.4 Å². The third kappa shape index (κ3) is 6.22. The summed E-state index contributed by atoms with van der Waals surface area (Å²) in [5.41, 5.74) is 2.84. The highest BCUT2D eigenvalue weighted by Gasteiger charge is 2.56. The summed E-state index contributed by atoms with van der Waals surface area (Å²) in [6.45, 7) is 1.54. The van der Waals surface area contributed by atoms with Gasteiger partial charge in [0.25, 0.3) is 5.91 Å². The number of hydrogen-bond donors (Lipinski definition) is 2. The molecule has 15 heteroatoms. The summed E-state index contributed by atoms with van der Waals surface area (Å²) in [6, 6.07) is 11.1. The van der Waals surface area contributed by atoms with Crippen LogP contribution in [0.2, 0.25) is 0 Å². The van der Waals surface area contributed by atoms with Gasteiger partial charge in [0.2, 0.25) is 0 Å². The fourth-order valence-electron chi connectivity index (χ4n) is 5.09. The van der Waals surface area contributed by atoms with Gasteiger partial charge in [0.15, 0.2) is 14.6 Å². The van der Waals surface area contributed by atoms with E-state index in [0.29, 0.717) is 37.4 Å². The molecular formula is C27H30F5N3O6S. The Kier molecular flexibility index (Phi) is 9.14. The Labute approximate surface area is 239 Å². The summed E-state index contributed by atoms with van der Waals surface area (Å²) in [5, 5.41) is 9.42. The molecule has 230 valence electrons. The molecule has 0 bridgehead atoms. The Hall–Kier alpha value is -3.30. The van der Waals surface area contributed by atoms with Gasteiger partial charge in [-0.25, -0.2) is 18.7 Å². The van der Waals surface area contributed by atoms with Crippen molar-refractivity contribution in [2.24, 2.45) is 0 Å². The van der Waals surface area contributed by atoms with Crippen LogP contribution >= 0.6 is 0 Å². The number of alkyl halides is 5. The summed E-state index contributed by atoms with van der Waals surface area (Å²) in [5.74, 6) is -5.90. The molecule has 0 spiro atoms. The van der Waals surface area contributed by atoms with Crippen molar-refractivity contribution in [2.45, 2.75) is 47.4 Å². The van der Waals surface area contributed by atoms with Gasteiger partial charge < -0.3 is 14.5 Å². The lowest BCUT2D eigenvalue weighted by Gasteiger charge is -2.41. The summed E-state index contributed by atoms with van der Waals surface area (Å²) in [6.07, 6.45) is -7.98. The van der Waals surface area contributed by atoms with Crippen LogP contribution in [0.1, 0.15) is 24.8 Å². The van der Waals surface area contributed by atoms with E-state index in [9.17, 15) is 45.2 Å². The molecule has 2 N–H and O–H groups in total. The summed E-state index contributed by atoms with van der Waals surface area (Å²) < 4.78 is 94.4. The number of hydrogen-bond acceptors (Lipinski definition) is 6. The molecule has 0 unspecified atom stereocenters. The fraction of sp³-hybridized carbons (Fsp3) is 0.481. The number of nitrogens with one attached hydrogen (secondary N) is 1. The first-order valence-corrected chi connectivity index (χ1v) is 14.6. The zero-order valence-electron chi connectivity index (χ0n) is 22.4. The van der Waals surface area contributed by atoms with E-state index >= 15 is 0 Å². The van der Waals surface area contributed by atoms with E-state index in [1.54, 1.807) is 4.90 Å². The number of rotatable bonds is 7. The highest BCUT2D eigenvalue weighted by Crippen LogP contribution is 2.39. The van der Waals surface area contributed by atoms with Crippen molar-refractivity contribution in [3.63, 3.8) is 0 Å². The molecule has 2 fully saturated rings. The van der Waals surface area contributed by atoms with E-state index in [1.165, 1.54) is 58.9 Å². The molecule has 4 rings (SSSR count). The molecule has 2 aliphatic heterocycles. The highest BCUT2D eigenvalue weighted by molar-refractivity contribution is 7.93. The summed E-state index contributed by atoms with van der Waals surface area (Å²) in [4.78, 5) is 28.5. The molecule has 0 aliphatic carbocycles. The van der Waals surface area contributed by atoms with Crippen LogP contribution in [0.3, 0.4) is 0 Å². The largest absolute Gasteiger partial charge is 0.453 e. The molecule has 0 atom stereocenters. The Bertz CT molecular complexity index is 1370. The van der Waals surface area contributed by atoms with Crippen molar-refractivity contribution in [1.82, 2.24) is 15.3 Å². The van der Waals surface area contributed by atoms with Crippen molar-refractivity contribution in [2.75, 3.05) is 39.4 Å². The number of morpholine rings is 1. The van der Waals surface area contributed by atoms with E-state index in [2.05, 4.69) is 0 Å². The third-order valence-electron chi connectivity index (χ3n) is 7.75. The summed E-state index contributed by atoms with van der Waals surface area (Å²) >= 11 is 0. The predicted octanol–water partition coefficient (Wildman–Crippen LogP) is 4.05. The molecule has 0 radical (unpaired) electrons. The number of likely N-dealkylation sites (tertiary alicyclic amines) is 1. The first kappa shape index (κ1) is 31.6. The van der Waals surface area contributed by atoms with Gasteiger partial charge in [0.05, 0.1) is 18.1 Å². The number of aryl methyl sites for hydroxylation is 1. The minimum absolute atomic E-state index is 0.0256. The van der Waals surface area contributed by atoms with E-state index in [1.807, 2.05) is 0 Å². The van der Waals surface area contributed by atoms with Crippen molar-refractivity contribution in [3.05, 3.63) is 54.1 Å². The van der Waals surface area contributed by atoms with Crippen molar-refractivity contribution >= 4 is 21.8 Å². The zero-order chi connectivity index (χ0) is 30.8. The van der Waals surface area contributed by atoms with Gasteiger partial charge in [0, 0.05) is 32.6 Å². The molecule has 9 nitrogen and oxygen atoms in total. The molecule has 0 aromatic heterocycles. The maximum absolute atomic E-state index is 13.8. The molecular weight excluding hydrogens is 589 g/mol. The fourth-order valence-corrected chi connectivity index (χ4v) is 7.05. The number of carbonyl (C=O) groups excluding carboxylic acids is 2. The SMILES string of the molecule is O=C(N1CCOCC1)N1CCC(C(=O)NO)(S(=O)(=O)c2ccc(-c3ccc(CCC(F)(F)C(F)(F)F)cc3)cc2)CC1. The standard InChI is InChI=1S/C27H30F5N3O6S/c28-26(29,27(30,31)32)10-9-19-1-3-20(4-2-19)21-5-7-22(8-6-21)42(39,40)25(23(36)33-38)11-13-34(14-12-25)24(37)35-15-17-41-18-16-35/h1-8,38H,9-18H2,(H,33,36). The third-order valence-corrected chi connectivity index (χ3v) is 10.3. The van der Waals surface area contributed by atoms with Gasteiger partial charge >= 0.3 is 18.1 Å². The van der Waals surface area contributed by atoms with Crippen LogP contribution in [0.25, 0.3) is 11.1 Å². The summed E-state index contributed by atoms with van der Waals surface area (Å²) in [7, 11) is -4.35. The number of urea groups is 1. The first-order chi connectivity index (χ1) is 19.7. The van der Waals surface area contributed by atoms with E-state index in [0.717, 1.165) is 0 Å². The maximum Gasteiger partial charge on any atom is 0.453 e. The number of nitrogens with zero attached hydrogens (tertiary/aromatic N) is 2. The predicted molar refractivity (Wildman–Crippen MR) is 140 cm³/mol. The smallest absolute Gasteiger partial charge is 0.378 e. The Balaban J connectivity index is 1.48. The lowest BCUT2D eigenvalue weighted by Crippen LogP contribution is -2.60. The molecule has 2 aromatic carbocycles. The minimum Gasteiger partial charge on any atom is -0.378 e. The van der Waals surface area contributed by atoms with Crippen molar-refractivity contribution in [3.8, 4) is 11.1 Å². The van der Waals surface area contributed by atoms with Crippen LogP contribution < -0.4 is 5.48 Å². The molecule has 2 aromatic rings. The lowest BCUT2D eigenvalue weighted by molar-refractivity contribution is -0.284. The minimum atomic E-state index is -5.62. The number of halogens is 5. The Morgan fingerprint density at radius 1 is 0.857 bits per heavy atom. The highest BCUT2D eigenvalue weighted by atomic mass is 32.2. The van der Waals surface area contributed by atoms with Crippen LogP contribution in [0.15, 0.2) is 53.4 Å². The van der Waals surface area contributed by atoms with Crippen LogP contribution in [-0.4, -0.2) is 91.6 Å². The quantitative estimate of drug-likeness (QED) is 0.275. The second-order valence-corrected chi connectivity index (χ2v) is 12.5. The lowest BCUT2D eigenvalue weighted by atomic mass is 9.95. The molecule has 42 heavy (non-hydrogen) atoms. The average molecular weight is 620 g/mol. The molecule has 3 amide bonds. The number of sulfone groups is 1.